The third kappa shape index (κ3) is 5.73. The Kier molecular flexibility index (Phi) is 7.90. The van der Waals surface area contributed by atoms with E-state index in [1.165, 1.54) is 11.8 Å². The van der Waals surface area contributed by atoms with Crippen LogP contribution in [0.5, 0.6) is 5.88 Å². The summed E-state index contributed by atoms with van der Waals surface area (Å²) in [6, 6.07) is 3.73. The molecule has 5 heterocycles. The Morgan fingerprint density at radius 3 is 2.50 bits per heavy atom. The van der Waals surface area contributed by atoms with Gasteiger partial charge >= 0.3 is 12.1 Å². The molecule has 3 aromatic heterocycles. The molecule has 38 heavy (non-hydrogen) atoms. The zero-order valence-electron chi connectivity index (χ0n) is 20.0. The first-order valence-electron chi connectivity index (χ1n) is 11.3. The molecule has 1 fully saturated rings. The van der Waals surface area contributed by atoms with Gasteiger partial charge in [0, 0.05) is 42.2 Å². The smallest absolute Gasteiger partial charge is 0.480 e. The fraction of sp³-hybridized carbons (Fsp3) is 0.409. The number of anilines is 2. The highest BCUT2D eigenvalue weighted by atomic mass is 35.5. The van der Waals surface area contributed by atoms with E-state index in [9.17, 15) is 13.2 Å². The average molecular weight is 573 g/mol. The van der Waals surface area contributed by atoms with Crippen LogP contribution >= 0.6 is 23.4 Å². The molecule has 2 aliphatic heterocycles. The number of rotatable bonds is 4. The number of pyridine rings is 1. The molecule has 0 aliphatic carbocycles. The number of carbonyl (C=O) groups is 1. The molecule has 0 aromatic carbocycles. The minimum absolute atomic E-state index is 0.0338. The van der Waals surface area contributed by atoms with Crippen molar-refractivity contribution >= 4 is 41.0 Å². The van der Waals surface area contributed by atoms with Crippen LogP contribution in [0.4, 0.5) is 24.8 Å². The summed E-state index contributed by atoms with van der Waals surface area (Å²) in [5.41, 5.74) is 13.5. The van der Waals surface area contributed by atoms with E-state index in [0.717, 1.165) is 53.9 Å². The monoisotopic (exact) mass is 572 g/mol. The average Bonchev–Trinajstić information content (AvgIpc) is 3.39. The number of nitrogens with zero attached hydrogens (tertiary/aromatic N) is 6. The standard InChI is InChI=1S/C20H23ClN8OS.C2HF3O2/c1-30-15-8-12-18(22)20(11-29(12)27-15)3-6-28(7-4-20)14-9-26-16(10-25-14)31-13-2-5-24-19(23)17(13)21;3-2(4,5)1(6)7/h2,5,8-10,18H,3-4,6-7,11,22H2,1H3,(H2,23,24);(H,6,7)/t18-;/m1./s1. The topological polar surface area (TPSA) is 158 Å². The number of nitrogens with two attached hydrogens (primary N) is 2. The van der Waals surface area contributed by atoms with Crippen LogP contribution in [0.1, 0.15) is 24.6 Å². The van der Waals surface area contributed by atoms with E-state index in [0.29, 0.717) is 16.7 Å². The van der Waals surface area contributed by atoms with Crippen molar-refractivity contribution < 1.29 is 27.8 Å². The number of ether oxygens (including phenoxy) is 1. The molecule has 2 aliphatic rings. The van der Waals surface area contributed by atoms with Crippen LogP contribution in [0.2, 0.25) is 5.02 Å². The second-order valence-corrected chi connectivity index (χ2v) is 10.2. The molecule has 0 saturated carbocycles. The molecule has 3 aromatic rings. The highest BCUT2D eigenvalue weighted by Gasteiger charge is 2.47. The predicted molar refractivity (Wildman–Crippen MR) is 133 cm³/mol. The van der Waals surface area contributed by atoms with Crippen LogP contribution in [-0.4, -0.2) is 62.2 Å². The van der Waals surface area contributed by atoms with E-state index in [1.54, 1.807) is 19.5 Å². The molecular formula is C22H24ClF3N8O3S. The van der Waals surface area contributed by atoms with Gasteiger partial charge in [0.2, 0.25) is 5.88 Å². The maximum absolute atomic E-state index is 10.6. The number of halogens is 4. The number of aromatic nitrogens is 5. The van der Waals surface area contributed by atoms with Crippen LogP contribution in [-0.2, 0) is 11.3 Å². The number of piperidine rings is 1. The summed E-state index contributed by atoms with van der Waals surface area (Å²) in [6.45, 7) is 2.59. The summed E-state index contributed by atoms with van der Waals surface area (Å²) in [7, 11) is 1.63. The van der Waals surface area contributed by atoms with Gasteiger partial charge in [-0.2, -0.15) is 13.2 Å². The highest BCUT2D eigenvalue weighted by Crippen LogP contribution is 2.48. The largest absolute Gasteiger partial charge is 0.490 e. The molecule has 0 unspecified atom stereocenters. The molecule has 1 atom stereocenters. The van der Waals surface area contributed by atoms with Crippen molar-refractivity contribution in [3.8, 4) is 5.88 Å². The van der Waals surface area contributed by atoms with Gasteiger partial charge in [0.25, 0.3) is 0 Å². The summed E-state index contributed by atoms with van der Waals surface area (Å²) in [6.07, 6.45) is 2.07. The molecule has 5 N–H and O–H groups in total. The lowest BCUT2D eigenvalue weighted by molar-refractivity contribution is -0.192. The van der Waals surface area contributed by atoms with Gasteiger partial charge < -0.3 is 26.2 Å². The molecule has 204 valence electrons. The number of carboxylic acids is 1. The van der Waals surface area contributed by atoms with E-state index in [-0.39, 0.29) is 11.5 Å². The Balaban J connectivity index is 0.000000426. The predicted octanol–water partition coefficient (Wildman–Crippen LogP) is 3.40. The van der Waals surface area contributed by atoms with E-state index in [1.807, 2.05) is 23.0 Å². The summed E-state index contributed by atoms with van der Waals surface area (Å²) < 4.78 is 39.0. The first-order valence-corrected chi connectivity index (χ1v) is 12.5. The van der Waals surface area contributed by atoms with Gasteiger partial charge in [-0.15, -0.1) is 5.10 Å². The Hall–Kier alpha value is -3.30. The van der Waals surface area contributed by atoms with E-state index in [2.05, 4.69) is 25.0 Å². The highest BCUT2D eigenvalue weighted by molar-refractivity contribution is 7.99. The van der Waals surface area contributed by atoms with Crippen LogP contribution in [0, 0.1) is 5.41 Å². The molecule has 1 saturated heterocycles. The van der Waals surface area contributed by atoms with Crippen LogP contribution < -0.4 is 21.1 Å². The van der Waals surface area contributed by atoms with E-state index >= 15 is 0 Å². The van der Waals surface area contributed by atoms with Crippen molar-refractivity contribution in [1.29, 1.82) is 0 Å². The maximum Gasteiger partial charge on any atom is 0.490 e. The van der Waals surface area contributed by atoms with Crippen molar-refractivity contribution in [2.75, 3.05) is 30.8 Å². The number of alkyl halides is 3. The van der Waals surface area contributed by atoms with Crippen molar-refractivity contribution in [2.24, 2.45) is 11.1 Å². The molecule has 16 heteroatoms. The fourth-order valence-corrected chi connectivity index (χ4v) is 5.39. The second kappa shape index (κ2) is 10.8. The van der Waals surface area contributed by atoms with Crippen LogP contribution in [0.15, 0.2) is 40.6 Å². The number of carboxylic acid groups (broad SMARTS) is 1. The lowest BCUT2D eigenvalue weighted by Gasteiger charge is -2.41. The zero-order chi connectivity index (χ0) is 27.7. The Labute approximate surface area is 224 Å². The summed E-state index contributed by atoms with van der Waals surface area (Å²) >= 11 is 7.64. The molecule has 1 spiro atoms. The SMILES string of the molecule is COc1cc2n(n1)CC1(CCN(c3cnc(Sc4ccnc(N)c4Cl)cn3)CC1)[C@@H]2N.O=C(O)C(F)(F)F. The van der Waals surface area contributed by atoms with Gasteiger partial charge in [0.05, 0.1) is 36.3 Å². The van der Waals surface area contributed by atoms with Gasteiger partial charge in [-0.3, -0.25) is 4.68 Å². The molecular weight excluding hydrogens is 549 g/mol. The van der Waals surface area contributed by atoms with Gasteiger partial charge in [-0.1, -0.05) is 23.4 Å². The van der Waals surface area contributed by atoms with Crippen LogP contribution in [0.25, 0.3) is 0 Å². The van der Waals surface area contributed by atoms with Gasteiger partial charge in [-0.05, 0) is 18.9 Å². The van der Waals surface area contributed by atoms with Crippen molar-refractivity contribution in [1.82, 2.24) is 24.7 Å². The first kappa shape index (κ1) is 27.7. The number of methoxy groups -OCH3 is 1. The number of nitrogen functional groups attached to an aromatic ring is 1. The van der Waals surface area contributed by atoms with Gasteiger partial charge in [-0.25, -0.2) is 19.7 Å². The lowest BCUT2D eigenvalue weighted by Crippen LogP contribution is -2.45. The summed E-state index contributed by atoms with van der Waals surface area (Å²) in [5, 5.41) is 12.8. The molecule has 5 rings (SSSR count). The van der Waals surface area contributed by atoms with E-state index in [4.69, 9.17) is 37.7 Å². The number of aliphatic carboxylic acids is 1. The second-order valence-electron chi connectivity index (χ2n) is 8.72. The number of fused-ring (bicyclic) bond motifs is 1. The van der Waals surface area contributed by atoms with Gasteiger partial charge in [0.1, 0.15) is 16.7 Å². The third-order valence-electron chi connectivity index (χ3n) is 6.48. The van der Waals surface area contributed by atoms with Crippen molar-refractivity contribution in [2.45, 2.75) is 41.5 Å². The molecule has 0 amide bonds. The van der Waals surface area contributed by atoms with Crippen molar-refractivity contribution in [3.63, 3.8) is 0 Å². The maximum atomic E-state index is 10.6. The lowest BCUT2D eigenvalue weighted by atomic mass is 9.73. The van der Waals surface area contributed by atoms with Crippen molar-refractivity contribution in [3.05, 3.63) is 41.4 Å². The first-order chi connectivity index (χ1) is 17.9. The Morgan fingerprint density at radius 1 is 1.26 bits per heavy atom. The summed E-state index contributed by atoms with van der Waals surface area (Å²) in [4.78, 5) is 25.1. The van der Waals surface area contributed by atoms with E-state index < -0.39 is 12.1 Å². The zero-order valence-corrected chi connectivity index (χ0v) is 21.6. The normalized spacial score (nSPS) is 18.1. The summed E-state index contributed by atoms with van der Waals surface area (Å²) in [5.74, 6) is -0.955. The number of hydrogen-bond donors (Lipinski definition) is 3. The third-order valence-corrected chi connectivity index (χ3v) is 7.97. The minimum atomic E-state index is -5.08. The van der Waals surface area contributed by atoms with Gasteiger partial charge in [0.15, 0.2) is 0 Å². The fourth-order valence-electron chi connectivity index (χ4n) is 4.40. The number of hydrogen-bond acceptors (Lipinski definition) is 10. The molecule has 11 nitrogen and oxygen atoms in total. The Morgan fingerprint density at radius 2 is 1.95 bits per heavy atom. The minimum Gasteiger partial charge on any atom is -0.480 e. The Bertz CT molecular complexity index is 1300. The quantitative estimate of drug-likeness (QED) is 0.420. The van der Waals surface area contributed by atoms with Crippen LogP contribution in [0.3, 0.4) is 0 Å². The molecule has 0 bridgehead atoms. The molecule has 0 radical (unpaired) electrons.